The van der Waals surface area contributed by atoms with E-state index in [-0.39, 0.29) is 11.6 Å². The summed E-state index contributed by atoms with van der Waals surface area (Å²) < 4.78 is 0. The van der Waals surface area contributed by atoms with Crippen LogP contribution in [0, 0.1) is 0 Å². The number of hydrogen-bond acceptors (Lipinski definition) is 2. The lowest BCUT2D eigenvalue weighted by Gasteiger charge is -2.01. The molecule has 0 saturated heterocycles. The quantitative estimate of drug-likeness (QED) is 0.418. The summed E-state index contributed by atoms with van der Waals surface area (Å²) in [7, 11) is 0. The van der Waals surface area contributed by atoms with Crippen LogP contribution in [-0.4, -0.2) is 11.6 Å². The van der Waals surface area contributed by atoms with Crippen LogP contribution in [0.25, 0.3) is 0 Å². The topological polar surface area (TPSA) is 83.5 Å². The van der Waals surface area contributed by atoms with Crippen molar-refractivity contribution in [3.8, 4) is 0 Å². The third-order valence-electron chi connectivity index (χ3n) is 1.14. The first-order valence-corrected chi connectivity index (χ1v) is 3.28. The van der Waals surface area contributed by atoms with Gasteiger partial charge in [-0.3, -0.25) is 0 Å². The van der Waals surface area contributed by atoms with E-state index in [9.17, 15) is 0 Å². The van der Waals surface area contributed by atoms with Crippen LogP contribution in [0.3, 0.4) is 0 Å². The molecule has 0 unspecified atom stereocenters. The van der Waals surface area contributed by atoms with Crippen LogP contribution in [0.1, 0.15) is 32.6 Å². The second-order valence-electron chi connectivity index (χ2n) is 2.16. The number of hydrogen-bond donors (Lipinski definition) is 2. The van der Waals surface area contributed by atoms with Crippen LogP contribution in [0.4, 0.5) is 0 Å². The normalized spacial score (nSPS) is 9.33. The summed E-state index contributed by atoms with van der Waals surface area (Å²) in [5, 5.41) is 0. The van der Waals surface area contributed by atoms with Crippen molar-refractivity contribution in [2.45, 2.75) is 38.8 Å². The van der Waals surface area contributed by atoms with E-state index in [1.807, 2.05) is 0 Å². The van der Waals surface area contributed by atoms with E-state index in [4.69, 9.17) is 11.5 Å². The number of nitrogens with two attached hydrogens (primary N) is 2. The summed E-state index contributed by atoms with van der Waals surface area (Å²) in [5.41, 5.74) is 10.6. The molecule has 0 spiro atoms. The van der Waals surface area contributed by atoms with Crippen molar-refractivity contribution >= 4 is 0 Å². The van der Waals surface area contributed by atoms with Gasteiger partial charge in [0, 0.05) is 0 Å². The smallest absolute Gasteiger partial charge is 0.0520 e. The molecule has 0 bridgehead atoms. The zero-order valence-corrected chi connectivity index (χ0v) is 6.06. The Morgan fingerprint density at radius 2 is 1.78 bits per heavy atom. The molecule has 6 N–H and O–H groups in total. The number of rotatable bonds is 4. The lowest BCUT2D eigenvalue weighted by molar-refractivity contribution is 0.575. The maximum absolute atomic E-state index is 5.31. The lowest BCUT2D eigenvalue weighted by Crippen LogP contribution is -2.29. The van der Waals surface area contributed by atoms with Gasteiger partial charge in [0.2, 0.25) is 0 Å². The average Bonchev–Trinajstić information content (AvgIpc) is 1.66. The minimum atomic E-state index is -0.0958. The van der Waals surface area contributed by atoms with Gasteiger partial charge in [-0.25, -0.2) is 0 Å². The predicted octanol–water partition coefficient (Wildman–Crippen LogP) is -0.0145. The molecule has 0 aliphatic rings. The van der Waals surface area contributed by atoms with E-state index in [2.05, 4.69) is 6.92 Å². The number of unbranched alkanes of at least 4 members (excludes halogenated alkanes) is 2. The van der Waals surface area contributed by atoms with Crippen LogP contribution in [0.2, 0.25) is 0 Å². The third kappa shape index (κ3) is 11.4. The molecule has 0 aliphatic carbocycles. The molecule has 0 radical (unpaired) electrons. The van der Waals surface area contributed by atoms with Gasteiger partial charge < -0.3 is 16.9 Å². The predicted molar refractivity (Wildman–Crippen MR) is 39.9 cm³/mol. The molecule has 0 heterocycles. The highest BCUT2D eigenvalue weighted by atomic mass is 16.0. The van der Waals surface area contributed by atoms with Crippen molar-refractivity contribution in [3.05, 3.63) is 0 Å². The molecule has 0 aromatic heterocycles. The molecule has 0 rings (SSSR count). The monoisotopic (exact) mass is 134 g/mol. The fourth-order valence-electron chi connectivity index (χ4n) is 0.630. The first-order valence-electron chi connectivity index (χ1n) is 3.28. The molecule has 0 fully saturated rings. The summed E-state index contributed by atoms with van der Waals surface area (Å²) >= 11 is 0. The molecular formula is C6H18N2O. The van der Waals surface area contributed by atoms with Gasteiger partial charge in [0.05, 0.1) is 6.17 Å². The Hall–Kier alpha value is -0.120. The maximum Gasteiger partial charge on any atom is 0.0520 e. The van der Waals surface area contributed by atoms with E-state index in [1.54, 1.807) is 0 Å². The van der Waals surface area contributed by atoms with E-state index < -0.39 is 0 Å². The Bertz CT molecular complexity index is 48.3. The first kappa shape index (κ1) is 11.6. The van der Waals surface area contributed by atoms with Crippen LogP contribution in [0.5, 0.6) is 0 Å². The molecule has 0 aromatic carbocycles. The standard InChI is InChI=1S/C6H16N2.H2O/c1-2-3-4-5-6(7)8;/h6H,2-5,7-8H2,1H3;1H2. The minimum Gasteiger partial charge on any atom is -0.412 e. The third-order valence-corrected chi connectivity index (χ3v) is 1.14. The van der Waals surface area contributed by atoms with Gasteiger partial charge in [0.1, 0.15) is 0 Å². The Morgan fingerprint density at radius 1 is 1.22 bits per heavy atom. The summed E-state index contributed by atoms with van der Waals surface area (Å²) in [4.78, 5) is 0. The van der Waals surface area contributed by atoms with Gasteiger partial charge in [-0.1, -0.05) is 26.2 Å². The van der Waals surface area contributed by atoms with Crippen molar-refractivity contribution in [1.82, 2.24) is 0 Å². The summed E-state index contributed by atoms with van der Waals surface area (Å²) in [6.45, 7) is 2.17. The zero-order valence-electron chi connectivity index (χ0n) is 6.06. The van der Waals surface area contributed by atoms with E-state index in [0.717, 1.165) is 6.42 Å². The SMILES string of the molecule is CCCCCC(N)N.O. The molecule has 0 atom stereocenters. The molecular weight excluding hydrogens is 116 g/mol. The molecule has 58 valence electrons. The largest absolute Gasteiger partial charge is 0.412 e. The van der Waals surface area contributed by atoms with Gasteiger partial charge in [0.15, 0.2) is 0 Å². The van der Waals surface area contributed by atoms with E-state index >= 15 is 0 Å². The van der Waals surface area contributed by atoms with E-state index in [0.29, 0.717) is 0 Å². The molecule has 0 aromatic rings. The summed E-state index contributed by atoms with van der Waals surface area (Å²) in [6.07, 6.45) is 4.54. The highest BCUT2D eigenvalue weighted by Crippen LogP contribution is 1.97. The minimum absolute atomic E-state index is 0. The first-order chi connectivity index (χ1) is 3.77. The van der Waals surface area contributed by atoms with Crippen LogP contribution in [-0.2, 0) is 0 Å². The highest BCUT2D eigenvalue weighted by Gasteiger charge is 1.90. The fraction of sp³-hybridized carbons (Fsp3) is 1.00. The van der Waals surface area contributed by atoms with Crippen molar-refractivity contribution in [3.63, 3.8) is 0 Å². The van der Waals surface area contributed by atoms with Crippen molar-refractivity contribution in [1.29, 1.82) is 0 Å². The fourth-order valence-corrected chi connectivity index (χ4v) is 0.630. The van der Waals surface area contributed by atoms with Crippen LogP contribution < -0.4 is 11.5 Å². The van der Waals surface area contributed by atoms with Gasteiger partial charge in [0.25, 0.3) is 0 Å². The molecule has 3 heteroatoms. The zero-order chi connectivity index (χ0) is 6.41. The molecule has 0 aliphatic heterocycles. The molecule has 0 saturated carbocycles. The Labute approximate surface area is 56.7 Å². The van der Waals surface area contributed by atoms with Crippen molar-refractivity contribution in [2.24, 2.45) is 11.5 Å². The van der Waals surface area contributed by atoms with Crippen molar-refractivity contribution in [2.75, 3.05) is 0 Å². The Morgan fingerprint density at radius 3 is 2.11 bits per heavy atom. The van der Waals surface area contributed by atoms with Gasteiger partial charge in [-0.2, -0.15) is 0 Å². The van der Waals surface area contributed by atoms with Gasteiger partial charge in [-0.15, -0.1) is 0 Å². The van der Waals surface area contributed by atoms with Gasteiger partial charge >= 0.3 is 0 Å². The second kappa shape index (κ2) is 7.88. The molecule has 3 nitrogen and oxygen atoms in total. The molecule has 0 amide bonds. The second-order valence-corrected chi connectivity index (χ2v) is 2.16. The van der Waals surface area contributed by atoms with Gasteiger partial charge in [-0.05, 0) is 6.42 Å². The van der Waals surface area contributed by atoms with Crippen LogP contribution in [0.15, 0.2) is 0 Å². The average molecular weight is 134 g/mol. The molecule has 9 heavy (non-hydrogen) atoms. The Kier molecular flexibility index (Phi) is 10.2. The van der Waals surface area contributed by atoms with Crippen molar-refractivity contribution < 1.29 is 5.48 Å². The lowest BCUT2D eigenvalue weighted by atomic mass is 10.2. The van der Waals surface area contributed by atoms with Crippen LogP contribution >= 0.6 is 0 Å². The highest BCUT2D eigenvalue weighted by molar-refractivity contribution is 4.49. The summed E-state index contributed by atoms with van der Waals surface area (Å²) in [6, 6.07) is 0. The van der Waals surface area contributed by atoms with E-state index in [1.165, 1.54) is 19.3 Å². The maximum atomic E-state index is 5.31. The summed E-state index contributed by atoms with van der Waals surface area (Å²) in [5.74, 6) is 0. The Balaban J connectivity index is 0.